The highest BCUT2D eigenvalue weighted by Crippen LogP contribution is 2.34. The first kappa shape index (κ1) is 22.4. The lowest BCUT2D eigenvalue weighted by molar-refractivity contribution is 0.0668. The molecule has 0 unspecified atom stereocenters. The zero-order chi connectivity index (χ0) is 24.0. The number of rotatable bonds is 4. The molecule has 176 valence electrons. The summed E-state index contributed by atoms with van der Waals surface area (Å²) >= 11 is 1.65. The molecule has 0 bridgehead atoms. The number of amides is 1. The molecule has 8 heteroatoms. The highest BCUT2D eigenvalue weighted by atomic mass is 32.1. The van der Waals surface area contributed by atoms with Gasteiger partial charge in [-0.1, -0.05) is 0 Å². The minimum atomic E-state index is -0.889. The molecule has 2 aromatic heterocycles. The molecule has 0 radical (unpaired) electrons. The summed E-state index contributed by atoms with van der Waals surface area (Å²) in [6.45, 7) is 2.72. The van der Waals surface area contributed by atoms with E-state index in [0.29, 0.717) is 59.5 Å². The summed E-state index contributed by atoms with van der Waals surface area (Å²) in [7, 11) is 3.02. The lowest BCUT2D eigenvalue weighted by Crippen LogP contribution is -2.39. The standard InChI is InChI=1S/C26H25FN2O4S/c1-15-14-34-24-5-4-17(10-18(15)24)29-13-21(25(30)28-8-6-16(27)7-9-28)19-11-22(32-2)23(33-3)12-20(19)26(29)31/h4-5,10-14,16H,6-9H2,1-3H3. The Morgan fingerprint density at radius 3 is 2.38 bits per heavy atom. The highest BCUT2D eigenvalue weighted by molar-refractivity contribution is 7.17. The van der Waals surface area contributed by atoms with Gasteiger partial charge in [-0.3, -0.25) is 14.2 Å². The zero-order valence-electron chi connectivity index (χ0n) is 19.3. The number of carbonyl (C=O) groups excluding carboxylic acids is 1. The van der Waals surface area contributed by atoms with Crippen LogP contribution in [0.1, 0.15) is 28.8 Å². The van der Waals surface area contributed by atoms with Crippen molar-refractivity contribution in [1.29, 1.82) is 0 Å². The number of nitrogens with zero attached hydrogens (tertiary/aromatic N) is 2. The van der Waals surface area contributed by atoms with E-state index >= 15 is 0 Å². The van der Waals surface area contributed by atoms with E-state index in [1.54, 1.807) is 34.6 Å². The molecule has 0 atom stereocenters. The Hall–Kier alpha value is -3.39. The van der Waals surface area contributed by atoms with Gasteiger partial charge in [0.25, 0.3) is 11.5 Å². The summed E-state index contributed by atoms with van der Waals surface area (Å²) in [5.74, 6) is 0.607. The highest BCUT2D eigenvalue weighted by Gasteiger charge is 2.26. The van der Waals surface area contributed by atoms with Crippen LogP contribution in [0.3, 0.4) is 0 Å². The smallest absolute Gasteiger partial charge is 0.263 e. The summed E-state index contributed by atoms with van der Waals surface area (Å²) in [4.78, 5) is 28.9. The fourth-order valence-corrected chi connectivity index (χ4v) is 5.47. The number of hydrogen-bond donors (Lipinski definition) is 0. The molecule has 6 nitrogen and oxygen atoms in total. The Labute approximate surface area is 200 Å². The molecule has 1 aliphatic rings. The lowest BCUT2D eigenvalue weighted by Gasteiger charge is -2.29. The number of hydrogen-bond acceptors (Lipinski definition) is 5. The van der Waals surface area contributed by atoms with Crippen LogP contribution in [-0.2, 0) is 0 Å². The van der Waals surface area contributed by atoms with E-state index in [1.165, 1.54) is 18.8 Å². The van der Waals surface area contributed by atoms with E-state index in [0.717, 1.165) is 15.6 Å². The van der Waals surface area contributed by atoms with E-state index in [-0.39, 0.29) is 11.5 Å². The van der Waals surface area contributed by atoms with Crippen LogP contribution < -0.4 is 15.0 Å². The number of likely N-dealkylation sites (tertiary alicyclic amines) is 1. The van der Waals surface area contributed by atoms with Crippen LogP contribution in [0, 0.1) is 6.92 Å². The predicted octanol–water partition coefficient (Wildman–Crippen LogP) is 5.11. The SMILES string of the molecule is COc1cc2c(C(=O)N3CCC(F)CC3)cn(-c3ccc4scc(C)c4c3)c(=O)c2cc1OC. The molecule has 1 fully saturated rings. The average Bonchev–Trinajstić information content (AvgIpc) is 3.23. The first-order valence-corrected chi connectivity index (χ1v) is 12.0. The van der Waals surface area contributed by atoms with Gasteiger partial charge in [0.15, 0.2) is 11.5 Å². The minimum absolute atomic E-state index is 0.231. The van der Waals surface area contributed by atoms with Crippen molar-refractivity contribution in [3.8, 4) is 17.2 Å². The van der Waals surface area contributed by atoms with E-state index in [4.69, 9.17) is 9.47 Å². The Bertz CT molecular complexity index is 1470. The molecule has 0 N–H and O–H groups in total. The first-order chi connectivity index (χ1) is 16.4. The number of methoxy groups -OCH3 is 2. The number of carbonyl (C=O) groups is 1. The van der Waals surface area contributed by atoms with Crippen LogP contribution in [0.15, 0.2) is 46.7 Å². The van der Waals surface area contributed by atoms with E-state index in [1.807, 2.05) is 25.1 Å². The third-order valence-electron chi connectivity index (χ3n) is 6.49. The van der Waals surface area contributed by atoms with Crippen molar-refractivity contribution < 1.29 is 18.7 Å². The number of halogens is 1. The number of alkyl halides is 1. The normalized spacial score (nSPS) is 14.6. The number of aryl methyl sites for hydroxylation is 1. The number of thiophene rings is 1. The van der Waals surface area contributed by atoms with Crippen molar-refractivity contribution in [1.82, 2.24) is 9.47 Å². The summed E-state index contributed by atoms with van der Waals surface area (Å²) in [5, 5.41) is 3.99. The quantitative estimate of drug-likeness (QED) is 0.408. The molecule has 0 aliphatic carbocycles. The predicted molar refractivity (Wildman–Crippen MR) is 133 cm³/mol. The maximum atomic E-state index is 13.7. The van der Waals surface area contributed by atoms with Crippen molar-refractivity contribution in [2.24, 2.45) is 0 Å². The second-order valence-electron chi connectivity index (χ2n) is 8.54. The van der Waals surface area contributed by atoms with Crippen LogP contribution >= 0.6 is 11.3 Å². The lowest BCUT2D eigenvalue weighted by atomic mass is 10.0. The maximum Gasteiger partial charge on any atom is 0.263 e. The van der Waals surface area contributed by atoms with E-state index in [9.17, 15) is 14.0 Å². The molecule has 0 spiro atoms. The number of fused-ring (bicyclic) bond motifs is 2. The van der Waals surface area contributed by atoms with Crippen molar-refractivity contribution in [3.63, 3.8) is 0 Å². The number of benzene rings is 2. The van der Waals surface area contributed by atoms with E-state index in [2.05, 4.69) is 5.38 Å². The molecule has 1 aliphatic heterocycles. The first-order valence-electron chi connectivity index (χ1n) is 11.1. The fourth-order valence-electron chi connectivity index (χ4n) is 4.54. The van der Waals surface area contributed by atoms with Gasteiger partial charge >= 0.3 is 0 Å². The number of ether oxygens (including phenoxy) is 2. The van der Waals surface area contributed by atoms with Gasteiger partial charge in [0.1, 0.15) is 6.17 Å². The summed E-state index contributed by atoms with van der Waals surface area (Å²) in [5.41, 5.74) is 1.91. The van der Waals surface area contributed by atoms with Crippen LogP contribution in [-0.4, -0.2) is 48.9 Å². The largest absolute Gasteiger partial charge is 0.493 e. The van der Waals surface area contributed by atoms with Crippen molar-refractivity contribution >= 4 is 38.1 Å². The molecule has 0 saturated carbocycles. The molecule has 3 heterocycles. The third kappa shape index (κ3) is 3.72. The summed E-state index contributed by atoms with van der Waals surface area (Å²) in [6.07, 6.45) is 1.34. The van der Waals surface area contributed by atoms with Gasteiger partial charge in [0.05, 0.1) is 25.2 Å². The monoisotopic (exact) mass is 480 g/mol. The van der Waals surface area contributed by atoms with Gasteiger partial charge < -0.3 is 14.4 Å². The molecule has 4 aromatic rings. The Morgan fingerprint density at radius 1 is 1.03 bits per heavy atom. The Kier molecular flexibility index (Phi) is 5.77. The zero-order valence-corrected chi connectivity index (χ0v) is 20.1. The molecular formula is C26H25FN2O4S. The van der Waals surface area contributed by atoms with Crippen LogP contribution in [0.4, 0.5) is 4.39 Å². The molecule has 5 rings (SSSR count). The maximum absolute atomic E-state index is 13.7. The fraction of sp³-hybridized carbons (Fsp3) is 0.308. The van der Waals surface area contributed by atoms with Gasteiger partial charge in [-0.25, -0.2) is 4.39 Å². The summed E-state index contributed by atoms with van der Waals surface area (Å²) in [6, 6.07) is 9.13. The minimum Gasteiger partial charge on any atom is -0.493 e. The van der Waals surface area contributed by atoms with Gasteiger partial charge in [-0.2, -0.15) is 0 Å². The Morgan fingerprint density at radius 2 is 1.71 bits per heavy atom. The van der Waals surface area contributed by atoms with Crippen molar-refractivity contribution in [2.75, 3.05) is 27.3 Å². The van der Waals surface area contributed by atoms with Crippen LogP contribution in [0.5, 0.6) is 11.5 Å². The second kappa shape index (κ2) is 8.76. The molecule has 1 amide bonds. The molecule has 34 heavy (non-hydrogen) atoms. The van der Waals surface area contributed by atoms with Crippen LogP contribution in [0.25, 0.3) is 26.5 Å². The van der Waals surface area contributed by atoms with Gasteiger partial charge in [-0.15, -0.1) is 11.3 Å². The Balaban J connectivity index is 1.75. The summed E-state index contributed by atoms with van der Waals surface area (Å²) < 4.78 is 27.2. The number of pyridine rings is 1. The number of piperidine rings is 1. The van der Waals surface area contributed by atoms with Crippen LogP contribution in [0.2, 0.25) is 0 Å². The van der Waals surface area contributed by atoms with Gasteiger partial charge in [-0.05, 0) is 66.4 Å². The van der Waals surface area contributed by atoms with Crippen molar-refractivity contribution in [2.45, 2.75) is 25.9 Å². The van der Waals surface area contributed by atoms with Gasteiger partial charge in [0.2, 0.25) is 0 Å². The van der Waals surface area contributed by atoms with Crippen molar-refractivity contribution in [3.05, 3.63) is 63.4 Å². The molecule has 1 saturated heterocycles. The van der Waals surface area contributed by atoms with Gasteiger partial charge in [0, 0.05) is 35.1 Å². The molecular weight excluding hydrogens is 455 g/mol. The average molecular weight is 481 g/mol. The second-order valence-corrected chi connectivity index (χ2v) is 9.45. The number of aromatic nitrogens is 1. The topological polar surface area (TPSA) is 60.8 Å². The van der Waals surface area contributed by atoms with E-state index < -0.39 is 6.17 Å². The molecule has 2 aromatic carbocycles. The third-order valence-corrected chi connectivity index (χ3v) is 7.57.